The molecule has 0 radical (unpaired) electrons. The molecule has 19 heteroatoms. The first kappa shape index (κ1) is 49.6. The molecule has 17 nitrogen and oxygen atoms in total. The molecular weight excluding hydrogens is 897 g/mol. The molecule has 7 aromatic rings. The number of methoxy groups -OCH3 is 3. The van der Waals surface area contributed by atoms with E-state index in [9.17, 15) is 0 Å². The van der Waals surface area contributed by atoms with E-state index in [1.165, 1.54) is 19.8 Å². The summed E-state index contributed by atoms with van der Waals surface area (Å²) in [4.78, 5) is 12.4. The predicted molar refractivity (Wildman–Crippen MR) is 254 cm³/mol. The predicted octanol–water partition coefficient (Wildman–Crippen LogP) is 8.94. The second-order valence-electron chi connectivity index (χ2n) is 15.9. The van der Waals surface area contributed by atoms with Crippen LogP contribution in [0.2, 0.25) is 0 Å². The number of nitrogens with one attached hydrogen (secondary N) is 1. The molecule has 0 atom stereocenters. The van der Waals surface area contributed by atoms with Crippen LogP contribution in [-0.2, 0) is 15.9 Å². The van der Waals surface area contributed by atoms with Gasteiger partial charge in [-0.3, -0.25) is 0 Å². The minimum atomic E-state index is -0.378. The highest BCUT2D eigenvalue weighted by Crippen LogP contribution is 2.37. The SMILES string of the molecule is COc1ncc(-c2c(C)noc2C)cc1N.COc1ncc(-c2c(C)noc2C)cc1NCc1ccccc1.COc1ncc(Br)cc1N.Cc1noc(C)c1B1OC(C)(C)C(C)(C)O1. The molecule has 8 rings (SSSR count). The van der Waals surface area contributed by atoms with Crippen molar-refractivity contribution in [3.63, 3.8) is 0 Å². The molecule has 1 aromatic carbocycles. The van der Waals surface area contributed by atoms with Crippen LogP contribution < -0.4 is 36.5 Å². The van der Waals surface area contributed by atoms with Gasteiger partial charge in [0.2, 0.25) is 17.6 Å². The zero-order valence-corrected chi connectivity index (χ0v) is 40.7. The molecule has 0 spiro atoms. The molecule has 1 aliphatic heterocycles. The van der Waals surface area contributed by atoms with E-state index in [0.29, 0.717) is 35.6 Å². The summed E-state index contributed by atoms with van der Waals surface area (Å²) in [5.74, 6) is 3.75. The van der Waals surface area contributed by atoms with E-state index in [0.717, 1.165) is 72.2 Å². The molecule has 7 heterocycles. The number of ether oxygens (including phenoxy) is 3. The Morgan fingerprint density at radius 2 is 1.08 bits per heavy atom. The maximum atomic E-state index is 5.95. The maximum Gasteiger partial charge on any atom is 0.500 e. The van der Waals surface area contributed by atoms with Crippen LogP contribution in [0.5, 0.6) is 17.6 Å². The molecule has 5 N–H and O–H groups in total. The third-order valence-electron chi connectivity index (χ3n) is 10.7. The standard InChI is InChI=1S/C18H19N3O2.C11H18BNO3.C11H13N3O2.C6H7BrN2O/c1-12-17(13(2)23-21-12)15-9-16(18(22-3)20-11-15)19-10-14-7-5-4-6-8-14;1-7-9(8(2)14-13-7)12-15-10(3,4)11(5,6)16-12;1-6-10(7(2)16-14-6)8-4-9(12)11(15-3)13-5-8;1-10-6-5(8)2-4(7)3-9-6/h4-9,11,19H,10H2,1-3H3;1-6H3;4-5H,12H2,1-3H3;2-3H,8H2,1H3. The molecule has 6 aromatic heterocycles. The fourth-order valence-electron chi connectivity index (χ4n) is 6.64. The number of halogens is 1. The molecule has 0 saturated carbocycles. The lowest BCUT2D eigenvalue weighted by atomic mass is 9.77. The molecule has 0 aliphatic carbocycles. The van der Waals surface area contributed by atoms with Gasteiger partial charge in [0.15, 0.2) is 0 Å². The number of nitrogen functional groups attached to an aromatic ring is 2. The Bertz CT molecular complexity index is 2590. The van der Waals surface area contributed by atoms with Gasteiger partial charge in [-0.2, -0.15) is 0 Å². The highest BCUT2D eigenvalue weighted by molar-refractivity contribution is 9.10. The van der Waals surface area contributed by atoms with Crippen LogP contribution in [-0.4, -0.2) is 70.1 Å². The number of anilines is 3. The van der Waals surface area contributed by atoms with Crippen LogP contribution >= 0.6 is 15.9 Å². The summed E-state index contributed by atoms with van der Waals surface area (Å²) in [6.07, 6.45) is 5.11. The maximum absolute atomic E-state index is 5.95. The van der Waals surface area contributed by atoms with Gasteiger partial charge in [-0.1, -0.05) is 45.8 Å². The van der Waals surface area contributed by atoms with Gasteiger partial charge < -0.3 is 53.9 Å². The zero-order chi connectivity index (χ0) is 47.6. The van der Waals surface area contributed by atoms with E-state index in [-0.39, 0.29) is 18.3 Å². The Labute approximate surface area is 388 Å². The van der Waals surface area contributed by atoms with Gasteiger partial charge in [-0.15, -0.1) is 0 Å². The van der Waals surface area contributed by atoms with Crippen LogP contribution in [0.25, 0.3) is 22.3 Å². The number of nitrogens with two attached hydrogens (primary N) is 2. The molecule has 65 heavy (non-hydrogen) atoms. The van der Waals surface area contributed by atoms with Gasteiger partial charge in [-0.25, -0.2) is 15.0 Å². The first-order valence-corrected chi connectivity index (χ1v) is 21.3. The first-order chi connectivity index (χ1) is 30.8. The van der Waals surface area contributed by atoms with Crippen molar-refractivity contribution >= 4 is 45.6 Å². The largest absolute Gasteiger partial charge is 0.500 e. The van der Waals surface area contributed by atoms with Crippen molar-refractivity contribution in [2.45, 2.75) is 87.0 Å². The van der Waals surface area contributed by atoms with E-state index in [2.05, 4.69) is 63.8 Å². The highest BCUT2D eigenvalue weighted by Gasteiger charge is 2.53. The second kappa shape index (κ2) is 21.5. The lowest BCUT2D eigenvalue weighted by Gasteiger charge is -2.32. The number of rotatable bonds is 9. The summed E-state index contributed by atoms with van der Waals surface area (Å²) in [7, 11) is 4.31. The van der Waals surface area contributed by atoms with Crippen LogP contribution in [0, 0.1) is 41.5 Å². The van der Waals surface area contributed by atoms with Crippen LogP contribution in [0.1, 0.15) is 67.6 Å². The third kappa shape index (κ3) is 12.0. The fraction of sp³-hybridized carbons (Fsp3) is 0.348. The number of aryl methyl sites for hydroxylation is 6. The summed E-state index contributed by atoms with van der Waals surface area (Å²) in [5.41, 5.74) is 20.9. The summed E-state index contributed by atoms with van der Waals surface area (Å²) < 4.78 is 43.4. The van der Waals surface area contributed by atoms with Gasteiger partial charge in [0.25, 0.3) is 0 Å². The second-order valence-corrected chi connectivity index (χ2v) is 16.8. The number of hydrogen-bond donors (Lipinski definition) is 3. The molecular formula is C46H57BBrN9O8. The van der Waals surface area contributed by atoms with E-state index in [1.807, 2.05) is 93.5 Å². The van der Waals surface area contributed by atoms with E-state index < -0.39 is 0 Å². The zero-order valence-electron chi connectivity index (χ0n) is 39.1. The van der Waals surface area contributed by atoms with Crippen molar-refractivity contribution in [1.29, 1.82) is 0 Å². The molecule has 1 aliphatic rings. The summed E-state index contributed by atoms with van der Waals surface area (Å²) in [6, 6.07) is 15.8. The molecule has 0 amide bonds. The van der Waals surface area contributed by atoms with Gasteiger partial charge >= 0.3 is 7.12 Å². The van der Waals surface area contributed by atoms with Crippen LogP contribution in [0.4, 0.5) is 17.1 Å². The van der Waals surface area contributed by atoms with Crippen molar-refractivity contribution in [2.24, 2.45) is 0 Å². The van der Waals surface area contributed by atoms with Gasteiger partial charge in [0.05, 0.1) is 66.7 Å². The van der Waals surface area contributed by atoms with Crippen LogP contribution in [0.3, 0.4) is 0 Å². The Kier molecular flexibility index (Phi) is 16.4. The van der Waals surface area contributed by atoms with Crippen molar-refractivity contribution in [2.75, 3.05) is 38.1 Å². The number of hydrogen-bond acceptors (Lipinski definition) is 17. The van der Waals surface area contributed by atoms with E-state index in [4.69, 9.17) is 48.6 Å². The minimum absolute atomic E-state index is 0.326. The first-order valence-electron chi connectivity index (χ1n) is 20.5. The number of aromatic nitrogens is 6. The molecule has 1 saturated heterocycles. The van der Waals surface area contributed by atoms with E-state index in [1.54, 1.807) is 37.8 Å². The average molecular weight is 955 g/mol. The lowest BCUT2D eigenvalue weighted by molar-refractivity contribution is 0.00578. The van der Waals surface area contributed by atoms with Crippen LogP contribution in [0.15, 0.2) is 85.2 Å². The average Bonchev–Trinajstić information content (AvgIpc) is 3.97. The number of nitrogens with zero attached hydrogens (tertiary/aromatic N) is 6. The lowest BCUT2D eigenvalue weighted by Crippen LogP contribution is -2.41. The summed E-state index contributed by atoms with van der Waals surface area (Å²) in [5, 5.41) is 15.2. The van der Waals surface area contributed by atoms with Gasteiger partial charge in [0.1, 0.15) is 17.3 Å². The van der Waals surface area contributed by atoms with E-state index >= 15 is 0 Å². The Morgan fingerprint density at radius 3 is 1.52 bits per heavy atom. The summed E-state index contributed by atoms with van der Waals surface area (Å²) in [6.45, 7) is 20.2. The number of pyridine rings is 3. The van der Waals surface area contributed by atoms with Crippen molar-refractivity contribution < 1.29 is 37.1 Å². The third-order valence-corrected chi connectivity index (χ3v) is 11.1. The topological polar surface area (TPSA) is 227 Å². The van der Waals surface area contributed by atoms with Crippen molar-refractivity contribution in [1.82, 2.24) is 30.4 Å². The smallest absolute Gasteiger partial charge is 0.480 e. The Balaban J connectivity index is 0.000000169. The van der Waals surface area contributed by atoms with Gasteiger partial charge in [-0.05, 0) is 109 Å². The van der Waals surface area contributed by atoms with Crippen molar-refractivity contribution in [3.05, 3.63) is 112 Å². The molecule has 1 fully saturated rings. The van der Waals surface area contributed by atoms with Gasteiger partial charge in [0, 0.05) is 57.3 Å². The normalized spacial score (nSPS) is 13.4. The molecule has 344 valence electrons. The fourth-order valence-corrected chi connectivity index (χ4v) is 6.99. The quantitative estimate of drug-likeness (QED) is 0.115. The Morgan fingerprint density at radius 1 is 0.615 bits per heavy atom. The minimum Gasteiger partial charge on any atom is -0.480 e. The molecule has 0 bridgehead atoms. The monoisotopic (exact) mass is 953 g/mol. The Hall–Kier alpha value is -6.44. The summed E-state index contributed by atoms with van der Waals surface area (Å²) >= 11 is 3.23. The van der Waals surface area contributed by atoms with Crippen molar-refractivity contribution in [3.8, 4) is 39.9 Å². The number of benzene rings is 1. The highest BCUT2D eigenvalue weighted by atomic mass is 79.9. The molecule has 0 unspecified atom stereocenters.